The highest BCUT2D eigenvalue weighted by Gasteiger charge is 2.28. The maximum Gasteiger partial charge on any atom is 0.359 e. The summed E-state index contributed by atoms with van der Waals surface area (Å²) in [4.78, 5) is 18.3. The van der Waals surface area contributed by atoms with Gasteiger partial charge in [-0.15, -0.1) is 0 Å². The fraction of sp³-hybridized carbons (Fsp3) is 0.375. The van der Waals surface area contributed by atoms with Gasteiger partial charge in [0.2, 0.25) is 0 Å². The van der Waals surface area contributed by atoms with Gasteiger partial charge in [-0.1, -0.05) is 12.2 Å². The maximum atomic E-state index is 11.1. The van der Waals surface area contributed by atoms with Crippen molar-refractivity contribution in [1.82, 2.24) is 13.7 Å². The van der Waals surface area contributed by atoms with Gasteiger partial charge in [0, 0.05) is 12.5 Å². The molecule has 0 aliphatic rings. The zero-order chi connectivity index (χ0) is 13.7. The zero-order valence-corrected chi connectivity index (χ0v) is 12.3. The second kappa shape index (κ2) is 6.71. The average molecular weight is 306 g/mol. The van der Waals surface area contributed by atoms with Gasteiger partial charge in [0.05, 0.1) is 12.0 Å². The van der Waals surface area contributed by atoms with Crippen LogP contribution in [0.4, 0.5) is 5.69 Å². The van der Waals surface area contributed by atoms with Crippen molar-refractivity contribution in [2.45, 2.75) is 0 Å². The first kappa shape index (κ1) is 14.9. The number of thiocarbonyl (C=S) groups is 1. The molecule has 0 amide bonds. The van der Waals surface area contributed by atoms with Gasteiger partial charge in [-0.3, -0.25) is 10.1 Å². The molecular formula is C8H10N4O3S3. The Hall–Kier alpha value is -1.13. The van der Waals surface area contributed by atoms with Gasteiger partial charge in [0.15, 0.2) is 10.7 Å². The topological polar surface area (TPSA) is 81.4 Å². The molecule has 98 valence electrons. The fourth-order valence-corrected chi connectivity index (χ4v) is 2.86. The lowest BCUT2D eigenvalue weighted by Gasteiger charge is -2.17. The second-order valence-corrected chi connectivity index (χ2v) is 4.84. The average Bonchev–Trinajstić information content (AvgIpc) is 2.38. The predicted octanol–water partition coefficient (Wildman–Crippen LogP) is 1.93. The first-order chi connectivity index (χ1) is 8.56. The van der Waals surface area contributed by atoms with Crippen LogP contribution in [0.15, 0.2) is 6.33 Å². The Bertz CT molecular complexity index is 467. The largest absolute Gasteiger partial charge is 0.476 e. The Morgan fingerprint density at radius 2 is 2.11 bits per heavy atom. The molecule has 0 spiro atoms. The minimum absolute atomic E-state index is 0.0746. The maximum absolute atomic E-state index is 11.1. The van der Waals surface area contributed by atoms with Crippen LogP contribution in [0.2, 0.25) is 0 Å². The first-order valence-electron chi connectivity index (χ1n) is 4.52. The highest BCUT2D eigenvalue weighted by molar-refractivity contribution is 8.13. The van der Waals surface area contributed by atoms with E-state index in [1.54, 1.807) is 3.71 Å². The Balaban J connectivity index is 3.31. The molecule has 0 aliphatic carbocycles. The minimum atomic E-state index is -0.598. The van der Waals surface area contributed by atoms with E-state index in [1.807, 2.05) is 12.5 Å². The molecule has 10 heteroatoms. The summed E-state index contributed by atoms with van der Waals surface area (Å²) in [5.74, 6) is -0.102. The van der Waals surface area contributed by atoms with Crippen molar-refractivity contribution in [2.24, 2.45) is 0 Å². The summed E-state index contributed by atoms with van der Waals surface area (Å²) in [6.07, 6.45) is 4.81. The van der Waals surface area contributed by atoms with Crippen LogP contribution in [0, 0.1) is 10.1 Å². The third-order valence-corrected chi connectivity index (χ3v) is 4.39. The van der Waals surface area contributed by atoms with E-state index in [-0.39, 0.29) is 22.2 Å². The Kier molecular flexibility index (Phi) is 5.56. The molecule has 0 aromatic carbocycles. The van der Waals surface area contributed by atoms with Crippen molar-refractivity contribution in [3.63, 3.8) is 0 Å². The summed E-state index contributed by atoms with van der Waals surface area (Å²) >= 11 is 7.86. The molecule has 0 aliphatic heterocycles. The van der Waals surface area contributed by atoms with Crippen molar-refractivity contribution in [1.29, 1.82) is 0 Å². The van der Waals surface area contributed by atoms with E-state index < -0.39 is 4.92 Å². The van der Waals surface area contributed by atoms with Crippen LogP contribution in [-0.4, -0.2) is 43.2 Å². The Labute approximate surface area is 118 Å². The van der Waals surface area contributed by atoms with Crippen LogP contribution in [0.1, 0.15) is 5.69 Å². The molecule has 0 saturated heterocycles. The van der Waals surface area contributed by atoms with Crippen molar-refractivity contribution in [3.05, 3.63) is 22.1 Å². The lowest BCUT2D eigenvalue weighted by atomic mass is 10.3. The molecule has 0 bridgehead atoms. The summed E-state index contributed by atoms with van der Waals surface area (Å²) < 4.78 is 6.50. The zero-order valence-electron chi connectivity index (χ0n) is 9.82. The normalized spacial score (nSPS) is 9.94. The van der Waals surface area contributed by atoms with Gasteiger partial charge in [0.1, 0.15) is 6.33 Å². The molecule has 0 unspecified atom stereocenters. The smallest absolute Gasteiger partial charge is 0.359 e. The van der Waals surface area contributed by atoms with Crippen molar-refractivity contribution >= 4 is 46.8 Å². The van der Waals surface area contributed by atoms with E-state index in [4.69, 9.17) is 17.0 Å². The van der Waals surface area contributed by atoms with Crippen LogP contribution in [0.25, 0.3) is 0 Å². The van der Waals surface area contributed by atoms with Gasteiger partial charge in [-0.05, 0) is 23.9 Å². The van der Waals surface area contributed by atoms with Crippen molar-refractivity contribution < 1.29 is 9.66 Å². The van der Waals surface area contributed by atoms with Crippen LogP contribution >= 0.6 is 36.1 Å². The van der Waals surface area contributed by atoms with E-state index >= 15 is 0 Å². The number of ether oxygens (including phenoxy) is 1. The number of aromatic nitrogens is 2. The molecule has 0 atom stereocenters. The molecule has 0 fully saturated rings. The minimum Gasteiger partial charge on any atom is -0.476 e. The fourth-order valence-electron chi connectivity index (χ4n) is 1.16. The van der Waals surface area contributed by atoms with Crippen molar-refractivity contribution in [3.8, 4) is 5.88 Å². The van der Waals surface area contributed by atoms with Gasteiger partial charge in [-0.2, -0.15) is 4.98 Å². The number of nitro groups is 1. The third kappa shape index (κ3) is 3.00. The molecule has 7 nitrogen and oxygen atoms in total. The molecule has 0 radical (unpaired) electrons. The van der Waals surface area contributed by atoms with Gasteiger partial charge in [-0.25, -0.2) is 8.69 Å². The molecule has 1 aromatic heterocycles. The monoisotopic (exact) mass is 306 g/mol. The predicted molar refractivity (Wildman–Crippen MR) is 75.8 cm³/mol. The second-order valence-electron chi connectivity index (χ2n) is 2.76. The number of nitrogens with zero attached hydrogens (tertiary/aromatic N) is 4. The van der Waals surface area contributed by atoms with E-state index in [0.29, 0.717) is 0 Å². The van der Waals surface area contributed by atoms with Crippen molar-refractivity contribution in [2.75, 3.05) is 19.6 Å². The number of hydrogen-bond donors (Lipinski definition) is 0. The van der Waals surface area contributed by atoms with Gasteiger partial charge in [0.25, 0.3) is 5.88 Å². The summed E-state index contributed by atoms with van der Waals surface area (Å²) in [6, 6.07) is 0. The highest BCUT2D eigenvalue weighted by Crippen LogP contribution is 2.30. The van der Waals surface area contributed by atoms with Crippen LogP contribution in [0.5, 0.6) is 5.88 Å². The van der Waals surface area contributed by atoms with E-state index in [1.165, 1.54) is 37.3 Å². The number of rotatable bonds is 5. The molecule has 18 heavy (non-hydrogen) atoms. The molecular weight excluding hydrogens is 296 g/mol. The summed E-state index contributed by atoms with van der Waals surface area (Å²) in [5.41, 5.74) is -0.247. The summed E-state index contributed by atoms with van der Waals surface area (Å²) in [7, 11) is 1.31. The Morgan fingerprint density at radius 1 is 1.50 bits per heavy atom. The lowest BCUT2D eigenvalue weighted by molar-refractivity contribution is -0.386. The van der Waals surface area contributed by atoms with Gasteiger partial charge < -0.3 is 4.74 Å². The SMILES string of the molecule is COc1ncnc(C(=S)N(SC)SC)c1[N+](=O)[O-]. The molecule has 1 heterocycles. The number of hydrogen-bond acceptors (Lipinski definition) is 8. The molecule has 0 saturated carbocycles. The molecule has 1 rings (SSSR count). The lowest BCUT2D eigenvalue weighted by Crippen LogP contribution is -2.19. The quantitative estimate of drug-likeness (QED) is 0.350. The highest BCUT2D eigenvalue weighted by atomic mass is 32.2. The van der Waals surface area contributed by atoms with Gasteiger partial charge >= 0.3 is 5.69 Å². The van der Waals surface area contributed by atoms with E-state index in [9.17, 15) is 10.1 Å². The third-order valence-electron chi connectivity index (χ3n) is 1.86. The van der Waals surface area contributed by atoms with E-state index in [0.717, 1.165) is 0 Å². The van der Waals surface area contributed by atoms with E-state index in [2.05, 4.69) is 9.97 Å². The first-order valence-corrected chi connectivity index (χ1v) is 7.30. The number of methoxy groups -OCH3 is 1. The summed E-state index contributed by atoms with van der Waals surface area (Å²) in [6.45, 7) is 0. The summed E-state index contributed by atoms with van der Waals surface area (Å²) in [5, 5.41) is 11.1. The molecule has 0 N–H and O–H groups in total. The van der Waals surface area contributed by atoms with Crippen LogP contribution in [-0.2, 0) is 0 Å². The van der Waals surface area contributed by atoms with Crippen LogP contribution in [0.3, 0.4) is 0 Å². The molecule has 1 aromatic rings. The Morgan fingerprint density at radius 3 is 2.56 bits per heavy atom. The van der Waals surface area contributed by atoms with Crippen LogP contribution < -0.4 is 4.74 Å². The standard InChI is InChI=1S/C8H10N4O3S3/c1-15-7-6(11(13)14)5(9-4-10-7)8(16)12(17-2)18-3/h4H,1-3H3.